The lowest BCUT2D eigenvalue weighted by molar-refractivity contribution is 0.120. The summed E-state index contributed by atoms with van der Waals surface area (Å²) in [7, 11) is 0. The maximum absolute atomic E-state index is 10.1. The number of hydrogen-bond donors (Lipinski definition) is 1. The highest BCUT2D eigenvalue weighted by Gasteiger charge is 2.36. The van der Waals surface area contributed by atoms with Gasteiger partial charge in [0, 0.05) is 31.5 Å². The largest absolute Gasteiger partial charge is 0.393 e. The van der Waals surface area contributed by atoms with Gasteiger partial charge in [-0.1, -0.05) is 60.7 Å². The fraction of sp³-hybridized carbons (Fsp3) is 0.368. The zero-order chi connectivity index (χ0) is 14.7. The molecule has 0 radical (unpaired) electrons. The van der Waals surface area contributed by atoms with Gasteiger partial charge in [0.2, 0.25) is 0 Å². The SMILES string of the molecule is C[C@H](O)[C@@H]1CN(Cc2ccccc2)C[C@H]1c1ccccc1. The monoisotopic (exact) mass is 281 g/mol. The van der Waals surface area contributed by atoms with E-state index < -0.39 is 0 Å². The first-order valence-corrected chi connectivity index (χ1v) is 7.73. The van der Waals surface area contributed by atoms with Crippen molar-refractivity contribution in [1.29, 1.82) is 0 Å². The molecule has 0 unspecified atom stereocenters. The van der Waals surface area contributed by atoms with Gasteiger partial charge in [0.25, 0.3) is 0 Å². The van der Waals surface area contributed by atoms with Crippen LogP contribution in [0.5, 0.6) is 0 Å². The molecule has 21 heavy (non-hydrogen) atoms. The Kier molecular flexibility index (Phi) is 4.37. The first-order chi connectivity index (χ1) is 10.2. The summed E-state index contributed by atoms with van der Waals surface area (Å²) >= 11 is 0. The highest BCUT2D eigenvalue weighted by Crippen LogP contribution is 2.35. The molecule has 1 aliphatic rings. The molecule has 0 saturated carbocycles. The summed E-state index contributed by atoms with van der Waals surface area (Å²) in [5, 5.41) is 10.1. The van der Waals surface area contributed by atoms with Crippen molar-refractivity contribution in [3.8, 4) is 0 Å². The fourth-order valence-electron chi connectivity index (χ4n) is 3.43. The smallest absolute Gasteiger partial charge is 0.0558 e. The van der Waals surface area contributed by atoms with Crippen LogP contribution < -0.4 is 0 Å². The van der Waals surface area contributed by atoms with E-state index in [1.54, 1.807) is 0 Å². The number of rotatable bonds is 4. The molecule has 1 fully saturated rings. The average Bonchev–Trinajstić information content (AvgIpc) is 2.93. The molecule has 0 bridgehead atoms. The van der Waals surface area contributed by atoms with E-state index in [0.717, 1.165) is 19.6 Å². The van der Waals surface area contributed by atoms with Gasteiger partial charge in [-0.2, -0.15) is 0 Å². The van der Waals surface area contributed by atoms with Crippen LogP contribution in [0.4, 0.5) is 0 Å². The van der Waals surface area contributed by atoms with Crippen molar-refractivity contribution >= 4 is 0 Å². The van der Waals surface area contributed by atoms with Crippen molar-refractivity contribution in [2.75, 3.05) is 13.1 Å². The van der Waals surface area contributed by atoms with Crippen LogP contribution >= 0.6 is 0 Å². The second kappa shape index (κ2) is 6.42. The van der Waals surface area contributed by atoms with Gasteiger partial charge in [-0.15, -0.1) is 0 Å². The van der Waals surface area contributed by atoms with E-state index in [2.05, 4.69) is 65.6 Å². The summed E-state index contributed by atoms with van der Waals surface area (Å²) < 4.78 is 0. The molecule has 2 nitrogen and oxygen atoms in total. The number of aliphatic hydroxyl groups is 1. The van der Waals surface area contributed by atoms with Gasteiger partial charge in [0.1, 0.15) is 0 Å². The maximum Gasteiger partial charge on any atom is 0.0558 e. The van der Waals surface area contributed by atoms with E-state index >= 15 is 0 Å². The molecule has 1 saturated heterocycles. The lowest BCUT2D eigenvalue weighted by Gasteiger charge is -2.21. The quantitative estimate of drug-likeness (QED) is 0.929. The first-order valence-electron chi connectivity index (χ1n) is 7.73. The minimum atomic E-state index is -0.268. The third-order valence-electron chi connectivity index (χ3n) is 4.54. The zero-order valence-electron chi connectivity index (χ0n) is 12.5. The highest BCUT2D eigenvalue weighted by atomic mass is 16.3. The van der Waals surface area contributed by atoms with Gasteiger partial charge >= 0.3 is 0 Å². The van der Waals surface area contributed by atoms with Crippen LogP contribution in [0.15, 0.2) is 60.7 Å². The van der Waals surface area contributed by atoms with Crippen molar-refractivity contribution in [1.82, 2.24) is 4.90 Å². The van der Waals surface area contributed by atoms with Gasteiger partial charge in [-0.25, -0.2) is 0 Å². The molecule has 2 aromatic carbocycles. The summed E-state index contributed by atoms with van der Waals surface area (Å²) in [6.45, 7) is 4.88. The molecule has 0 spiro atoms. The third-order valence-corrected chi connectivity index (χ3v) is 4.54. The molecule has 0 amide bonds. The third kappa shape index (κ3) is 3.34. The molecule has 110 valence electrons. The van der Waals surface area contributed by atoms with E-state index in [0.29, 0.717) is 11.8 Å². The molecular weight excluding hydrogens is 258 g/mol. The standard InChI is InChI=1S/C19H23NO/c1-15(21)18-13-20(12-16-8-4-2-5-9-16)14-19(18)17-10-6-3-7-11-17/h2-11,15,18-19,21H,12-14H2,1H3/t15-,18-,19-/m0/s1. The van der Waals surface area contributed by atoms with Crippen LogP contribution in [0, 0.1) is 5.92 Å². The van der Waals surface area contributed by atoms with Crippen LogP contribution in [0.3, 0.4) is 0 Å². The van der Waals surface area contributed by atoms with Crippen LogP contribution in [0.1, 0.15) is 24.0 Å². The lowest BCUT2D eigenvalue weighted by Crippen LogP contribution is -2.25. The van der Waals surface area contributed by atoms with Crippen LogP contribution in [-0.4, -0.2) is 29.2 Å². The second-order valence-electron chi connectivity index (χ2n) is 6.10. The first kappa shape index (κ1) is 14.3. The Labute approximate surface area is 127 Å². The number of hydrogen-bond acceptors (Lipinski definition) is 2. The van der Waals surface area contributed by atoms with Gasteiger partial charge in [0.15, 0.2) is 0 Å². The van der Waals surface area contributed by atoms with Gasteiger partial charge in [-0.3, -0.25) is 4.90 Å². The van der Waals surface area contributed by atoms with E-state index in [9.17, 15) is 5.11 Å². The number of likely N-dealkylation sites (tertiary alicyclic amines) is 1. The molecule has 2 heteroatoms. The van der Waals surface area contributed by atoms with Crippen LogP contribution in [0.25, 0.3) is 0 Å². The Morgan fingerprint density at radius 1 is 1.00 bits per heavy atom. The maximum atomic E-state index is 10.1. The minimum absolute atomic E-state index is 0.268. The summed E-state index contributed by atoms with van der Waals surface area (Å²) in [5.41, 5.74) is 2.69. The van der Waals surface area contributed by atoms with Crippen molar-refractivity contribution < 1.29 is 5.11 Å². The summed E-state index contributed by atoms with van der Waals surface area (Å²) in [5.74, 6) is 0.742. The molecule has 2 aromatic rings. The Morgan fingerprint density at radius 2 is 1.62 bits per heavy atom. The molecule has 3 atom stereocenters. The average molecular weight is 281 g/mol. The Hall–Kier alpha value is -1.64. The molecule has 0 aromatic heterocycles. The molecule has 3 rings (SSSR count). The molecule has 1 N–H and O–H groups in total. The predicted molar refractivity (Wildman–Crippen MR) is 86.1 cm³/mol. The van der Waals surface area contributed by atoms with Crippen molar-refractivity contribution in [3.63, 3.8) is 0 Å². The topological polar surface area (TPSA) is 23.5 Å². The summed E-state index contributed by atoms with van der Waals surface area (Å²) in [4.78, 5) is 2.46. The molecule has 0 aliphatic carbocycles. The molecule has 1 aliphatic heterocycles. The van der Waals surface area contributed by atoms with Crippen LogP contribution in [-0.2, 0) is 6.54 Å². The zero-order valence-corrected chi connectivity index (χ0v) is 12.5. The second-order valence-corrected chi connectivity index (χ2v) is 6.10. The van der Waals surface area contributed by atoms with Crippen molar-refractivity contribution in [3.05, 3.63) is 71.8 Å². The Bertz CT molecular complexity index is 552. The number of benzene rings is 2. The predicted octanol–water partition coefficient (Wildman–Crippen LogP) is 3.28. The minimum Gasteiger partial charge on any atom is -0.393 e. The van der Waals surface area contributed by atoms with E-state index in [4.69, 9.17) is 0 Å². The lowest BCUT2D eigenvalue weighted by atomic mass is 9.86. The fourth-order valence-corrected chi connectivity index (χ4v) is 3.43. The molecule has 1 heterocycles. The summed E-state index contributed by atoms with van der Waals surface area (Å²) in [6, 6.07) is 21.2. The summed E-state index contributed by atoms with van der Waals surface area (Å²) in [6.07, 6.45) is -0.268. The number of nitrogens with zero attached hydrogens (tertiary/aromatic N) is 1. The van der Waals surface area contributed by atoms with Crippen molar-refractivity contribution in [2.24, 2.45) is 5.92 Å². The Morgan fingerprint density at radius 3 is 2.24 bits per heavy atom. The van der Waals surface area contributed by atoms with E-state index in [1.165, 1.54) is 11.1 Å². The normalized spacial score (nSPS) is 24.1. The Balaban J connectivity index is 1.75. The molecular formula is C19H23NO. The van der Waals surface area contributed by atoms with Crippen molar-refractivity contribution in [2.45, 2.75) is 25.5 Å². The van der Waals surface area contributed by atoms with Gasteiger partial charge in [0.05, 0.1) is 6.10 Å². The highest BCUT2D eigenvalue weighted by molar-refractivity contribution is 5.23. The van der Waals surface area contributed by atoms with E-state index in [1.807, 2.05) is 6.92 Å². The van der Waals surface area contributed by atoms with Gasteiger partial charge < -0.3 is 5.11 Å². The van der Waals surface area contributed by atoms with Crippen LogP contribution in [0.2, 0.25) is 0 Å². The number of aliphatic hydroxyl groups excluding tert-OH is 1. The van der Waals surface area contributed by atoms with Gasteiger partial charge in [-0.05, 0) is 18.1 Å². The van der Waals surface area contributed by atoms with E-state index in [-0.39, 0.29) is 6.10 Å².